The topological polar surface area (TPSA) is 86.8 Å². The van der Waals surface area contributed by atoms with Crippen LogP contribution in [0.1, 0.15) is 12.5 Å². The lowest BCUT2D eigenvalue weighted by atomic mass is 10.1. The molecular weight excluding hydrogens is 366 g/mol. The predicted octanol–water partition coefficient (Wildman–Crippen LogP) is 2.13. The Morgan fingerprint density at radius 2 is 1.89 bits per heavy atom. The van der Waals surface area contributed by atoms with Crippen molar-refractivity contribution in [3.63, 3.8) is 0 Å². The van der Waals surface area contributed by atoms with Crippen molar-refractivity contribution in [2.45, 2.75) is 19.9 Å². The molecule has 0 spiro atoms. The Bertz CT molecular complexity index is 1000. The maximum absolute atomic E-state index is 13.2. The first-order chi connectivity index (χ1) is 12.7. The number of rotatable bonds is 4. The highest BCUT2D eigenvalue weighted by molar-refractivity contribution is 7.92. The molecule has 1 atom stereocenters. The molecule has 0 saturated heterocycles. The van der Waals surface area contributed by atoms with Crippen LogP contribution in [0.3, 0.4) is 0 Å². The van der Waals surface area contributed by atoms with Gasteiger partial charge in [-0.05, 0) is 43.7 Å². The summed E-state index contributed by atoms with van der Waals surface area (Å²) in [6, 6.07) is 12.9. The Balaban J connectivity index is 2.01. The monoisotopic (exact) mass is 387 g/mol. The number of carbonyl (C=O) groups excluding carboxylic acids is 2. The average molecular weight is 387 g/mol. The van der Waals surface area contributed by atoms with Crippen LogP contribution in [-0.2, 0) is 19.6 Å². The molecule has 2 amide bonds. The highest BCUT2D eigenvalue weighted by Crippen LogP contribution is 2.31. The van der Waals surface area contributed by atoms with E-state index in [0.717, 1.165) is 16.1 Å². The molecule has 0 radical (unpaired) electrons. The summed E-state index contributed by atoms with van der Waals surface area (Å²) in [5.41, 5.74) is 2.36. The summed E-state index contributed by atoms with van der Waals surface area (Å²) in [6.45, 7) is 3.22. The number of aryl methyl sites for hydroxylation is 1. The fraction of sp³-hybridized carbons (Fsp3) is 0.263. The lowest BCUT2D eigenvalue weighted by Gasteiger charge is -2.35. The van der Waals surface area contributed by atoms with Crippen molar-refractivity contribution in [2.24, 2.45) is 0 Å². The van der Waals surface area contributed by atoms with E-state index >= 15 is 0 Å². The van der Waals surface area contributed by atoms with Gasteiger partial charge in [0.05, 0.1) is 23.3 Å². The second-order valence-electron chi connectivity index (χ2n) is 6.56. The van der Waals surface area contributed by atoms with Gasteiger partial charge in [0.1, 0.15) is 12.6 Å². The van der Waals surface area contributed by atoms with E-state index in [-0.39, 0.29) is 12.5 Å². The first kappa shape index (κ1) is 18.9. The van der Waals surface area contributed by atoms with Gasteiger partial charge in [-0.2, -0.15) is 0 Å². The van der Waals surface area contributed by atoms with Crippen LogP contribution >= 0.6 is 0 Å². The number of para-hydroxylation sites is 2. The summed E-state index contributed by atoms with van der Waals surface area (Å²) < 4.78 is 26.0. The van der Waals surface area contributed by atoms with Gasteiger partial charge in [0.15, 0.2) is 0 Å². The van der Waals surface area contributed by atoms with Crippen molar-refractivity contribution >= 4 is 38.9 Å². The SMILES string of the molecule is Cc1cccc(N(C(C)C(=O)N2CC(=O)Nc3ccccc32)S(C)(=O)=O)c1. The second-order valence-corrected chi connectivity index (χ2v) is 8.42. The quantitative estimate of drug-likeness (QED) is 0.871. The Labute approximate surface area is 158 Å². The predicted molar refractivity (Wildman–Crippen MR) is 105 cm³/mol. The number of hydrogen-bond acceptors (Lipinski definition) is 4. The molecular formula is C19H21N3O4S. The summed E-state index contributed by atoms with van der Waals surface area (Å²) in [6.07, 6.45) is 1.07. The summed E-state index contributed by atoms with van der Waals surface area (Å²) >= 11 is 0. The third-order valence-electron chi connectivity index (χ3n) is 4.36. The van der Waals surface area contributed by atoms with Crippen molar-refractivity contribution in [1.29, 1.82) is 0 Å². The molecule has 3 rings (SSSR count). The standard InChI is InChI=1S/C19H21N3O4S/c1-13-7-6-8-15(11-13)22(27(3,25)26)14(2)19(24)21-12-18(23)20-16-9-4-5-10-17(16)21/h4-11,14H,12H2,1-3H3,(H,20,23). The van der Waals surface area contributed by atoms with Crippen LogP contribution in [0.5, 0.6) is 0 Å². The molecule has 1 N–H and O–H groups in total. The fourth-order valence-corrected chi connectivity index (χ4v) is 4.38. The Morgan fingerprint density at radius 3 is 2.56 bits per heavy atom. The van der Waals surface area contributed by atoms with Crippen molar-refractivity contribution in [1.82, 2.24) is 0 Å². The molecule has 0 bridgehead atoms. The number of hydrogen-bond donors (Lipinski definition) is 1. The van der Waals surface area contributed by atoms with Gasteiger partial charge in [-0.15, -0.1) is 0 Å². The zero-order valence-corrected chi connectivity index (χ0v) is 16.2. The Morgan fingerprint density at radius 1 is 1.19 bits per heavy atom. The number of carbonyl (C=O) groups is 2. The molecule has 7 nitrogen and oxygen atoms in total. The number of sulfonamides is 1. The van der Waals surface area contributed by atoms with Crippen LogP contribution in [0.15, 0.2) is 48.5 Å². The minimum absolute atomic E-state index is 0.161. The van der Waals surface area contributed by atoms with E-state index in [1.54, 1.807) is 42.5 Å². The molecule has 1 unspecified atom stereocenters. The molecule has 1 aliphatic rings. The van der Waals surface area contributed by atoms with Gasteiger partial charge in [0, 0.05) is 0 Å². The Kier molecular flexibility index (Phi) is 4.93. The van der Waals surface area contributed by atoms with Crippen molar-refractivity contribution < 1.29 is 18.0 Å². The largest absolute Gasteiger partial charge is 0.323 e. The van der Waals surface area contributed by atoms with E-state index in [0.29, 0.717) is 17.1 Å². The third-order valence-corrected chi connectivity index (χ3v) is 5.60. The highest BCUT2D eigenvalue weighted by atomic mass is 32.2. The lowest BCUT2D eigenvalue weighted by Crippen LogP contribution is -2.52. The number of nitrogens with zero attached hydrogens (tertiary/aromatic N) is 2. The summed E-state index contributed by atoms with van der Waals surface area (Å²) in [4.78, 5) is 26.5. The molecule has 0 aromatic heterocycles. The van der Waals surface area contributed by atoms with Gasteiger partial charge >= 0.3 is 0 Å². The van der Waals surface area contributed by atoms with Crippen LogP contribution in [0.25, 0.3) is 0 Å². The molecule has 8 heteroatoms. The summed E-state index contributed by atoms with van der Waals surface area (Å²) in [5.74, 6) is -0.792. The molecule has 0 saturated carbocycles. The van der Waals surface area contributed by atoms with Crippen LogP contribution in [0.2, 0.25) is 0 Å². The number of anilines is 3. The maximum Gasteiger partial charge on any atom is 0.251 e. The molecule has 2 aromatic rings. The number of nitrogens with one attached hydrogen (secondary N) is 1. The maximum atomic E-state index is 13.2. The smallest absolute Gasteiger partial charge is 0.251 e. The molecule has 0 aliphatic carbocycles. The fourth-order valence-electron chi connectivity index (χ4n) is 3.22. The first-order valence-electron chi connectivity index (χ1n) is 8.45. The van der Waals surface area contributed by atoms with Crippen LogP contribution < -0.4 is 14.5 Å². The van der Waals surface area contributed by atoms with Crippen LogP contribution in [0, 0.1) is 6.92 Å². The van der Waals surface area contributed by atoms with Crippen LogP contribution in [0.4, 0.5) is 17.1 Å². The molecule has 27 heavy (non-hydrogen) atoms. The van der Waals surface area contributed by atoms with Gasteiger partial charge in [0.25, 0.3) is 5.91 Å². The van der Waals surface area contributed by atoms with E-state index in [4.69, 9.17) is 0 Å². The normalized spacial score (nSPS) is 14.9. The minimum Gasteiger partial charge on any atom is -0.323 e. The third kappa shape index (κ3) is 3.80. The summed E-state index contributed by atoms with van der Waals surface area (Å²) in [5, 5.41) is 2.72. The minimum atomic E-state index is -3.72. The van der Waals surface area contributed by atoms with E-state index in [2.05, 4.69) is 5.32 Å². The molecule has 2 aromatic carbocycles. The first-order valence-corrected chi connectivity index (χ1v) is 10.3. The number of amides is 2. The average Bonchev–Trinajstić information content (AvgIpc) is 2.59. The van der Waals surface area contributed by atoms with E-state index < -0.39 is 22.0 Å². The van der Waals surface area contributed by atoms with Gasteiger partial charge in [-0.1, -0.05) is 24.3 Å². The number of benzene rings is 2. The van der Waals surface area contributed by atoms with E-state index in [1.807, 2.05) is 13.0 Å². The molecule has 1 heterocycles. The van der Waals surface area contributed by atoms with E-state index in [9.17, 15) is 18.0 Å². The van der Waals surface area contributed by atoms with E-state index in [1.165, 1.54) is 11.8 Å². The van der Waals surface area contributed by atoms with Crippen molar-refractivity contribution in [2.75, 3.05) is 27.3 Å². The Hall–Kier alpha value is -2.87. The van der Waals surface area contributed by atoms with Crippen LogP contribution in [-0.4, -0.2) is 39.1 Å². The molecule has 0 fully saturated rings. The van der Waals surface area contributed by atoms with Gasteiger partial charge in [-0.3, -0.25) is 18.8 Å². The molecule has 1 aliphatic heterocycles. The zero-order chi connectivity index (χ0) is 19.8. The van der Waals surface area contributed by atoms with Gasteiger partial charge in [0.2, 0.25) is 15.9 Å². The van der Waals surface area contributed by atoms with Crippen molar-refractivity contribution in [3.05, 3.63) is 54.1 Å². The van der Waals surface area contributed by atoms with Gasteiger partial charge < -0.3 is 5.32 Å². The summed E-state index contributed by atoms with van der Waals surface area (Å²) in [7, 11) is -3.72. The molecule has 142 valence electrons. The second kappa shape index (κ2) is 7.03. The lowest BCUT2D eigenvalue weighted by molar-refractivity contribution is -0.122. The number of fused-ring (bicyclic) bond motifs is 1. The van der Waals surface area contributed by atoms with Gasteiger partial charge in [-0.25, -0.2) is 8.42 Å². The highest BCUT2D eigenvalue weighted by Gasteiger charge is 2.35. The zero-order valence-electron chi connectivity index (χ0n) is 15.3. The van der Waals surface area contributed by atoms with Crippen molar-refractivity contribution in [3.8, 4) is 0 Å².